The molecule has 0 saturated heterocycles. The molecule has 0 aliphatic rings. The summed E-state index contributed by atoms with van der Waals surface area (Å²) < 4.78 is 5.15. The van der Waals surface area contributed by atoms with Crippen LogP contribution in [0.5, 0.6) is 5.75 Å². The number of methoxy groups -OCH3 is 1. The first-order valence-corrected chi connectivity index (χ1v) is 6.88. The van der Waals surface area contributed by atoms with Gasteiger partial charge in [-0.25, -0.2) is 15.0 Å². The average Bonchev–Trinajstić information content (AvgIpc) is 2.63. The number of benzene rings is 1. The molecule has 1 N–H and O–H groups in total. The average molecular weight is 303 g/mol. The first-order valence-electron chi connectivity index (χ1n) is 6.88. The Morgan fingerprint density at radius 1 is 0.870 bits per heavy atom. The Bertz CT molecular complexity index is 821. The van der Waals surface area contributed by atoms with Gasteiger partial charge in [0.15, 0.2) is 5.69 Å². The molecule has 112 valence electrons. The second kappa shape index (κ2) is 6.54. The van der Waals surface area contributed by atoms with Crippen molar-refractivity contribution in [2.24, 2.45) is 0 Å². The number of ether oxygens (including phenoxy) is 1. The number of anilines is 2. The lowest BCUT2D eigenvalue weighted by Gasteiger charge is -2.06. The quantitative estimate of drug-likeness (QED) is 0.797. The van der Waals surface area contributed by atoms with Gasteiger partial charge >= 0.3 is 0 Å². The van der Waals surface area contributed by atoms with Crippen molar-refractivity contribution in [1.82, 2.24) is 15.0 Å². The molecule has 0 aliphatic carbocycles. The van der Waals surface area contributed by atoms with E-state index in [9.17, 15) is 0 Å². The maximum absolute atomic E-state index is 8.70. The number of rotatable bonds is 4. The Labute approximate surface area is 133 Å². The van der Waals surface area contributed by atoms with E-state index in [2.05, 4.69) is 20.3 Å². The Hall–Kier alpha value is -3.46. The molecule has 0 aliphatic heterocycles. The lowest BCUT2D eigenvalue weighted by Crippen LogP contribution is -1.97. The fourth-order valence-corrected chi connectivity index (χ4v) is 2.00. The summed E-state index contributed by atoms with van der Waals surface area (Å²) in [5, 5.41) is 11.7. The number of hydrogen-bond acceptors (Lipinski definition) is 6. The summed E-state index contributed by atoms with van der Waals surface area (Å²) in [7, 11) is 1.64. The second-order valence-corrected chi connectivity index (χ2v) is 4.68. The topological polar surface area (TPSA) is 83.7 Å². The second-order valence-electron chi connectivity index (χ2n) is 4.68. The van der Waals surface area contributed by atoms with Gasteiger partial charge in [-0.3, -0.25) is 0 Å². The molecule has 0 radical (unpaired) electrons. The van der Waals surface area contributed by atoms with E-state index in [1.807, 2.05) is 42.5 Å². The number of nitrogens with zero attached hydrogens (tertiary/aromatic N) is 4. The van der Waals surface area contributed by atoms with Crippen molar-refractivity contribution in [3.8, 4) is 22.9 Å². The van der Waals surface area contributed by atoms with Gasteiger partial charge in [-0.15, -0.1) is 0 Å². The number of aromatic nitrogens is 3. The smallest absolute Gasteiger partial charge is 0.158 e. The van der Waals surface area contributed by atoms with E-state index in [0.29, 0.717) is 11.6 Å². The summed E-state index contributed by atoms with van der Waals surface area (Å²) in [6.07, 6.45) is 4.69. The summed E-state index contributed by atoms with van der Waals surface area (Å²) in [5.74, 6) is 2.01. The molecule has 3 aromatic rings. The summed E-state index contributed by atoms with van der Waals surface area (Å²) in [4.78, 5) is 12.4. The summed E-state index contributed by atoms with van der Waals surface area (Å²) in [6.45, 7) is 0. The minimum absolute atomic E-state index is 0.276. The molecule has 1 aromatic carbocycles. The monoisotopic (exact) mass is 303 g/mol. The fraction of sp³-hybridized carbons (Fsp3) is 0.0588. The molecule has 0 unspecified atom stereocenters. The van der Waals surface area contributed by atoms with E-state index < -0.39 is 0 Å². The van der Waals surface area contributed by atoms with Crippen LogP contribution >= 0.6 is 0 Å². The largest absolute Gasteiger partial charge is 0.497 e. The number of pyridine rings is 1. The Morgan fingerprint density at radius 3 is 2.17 bits per heavy atom. The normalized spacial score (nSPS) is 9.91. The first kappa shape index (κ1) is 14.5. The predicted molar refractivity (Wildman–Crippen MR) is 86.3 cm³/mol. The zero-order valence-electron chi connectivity index (χ0n) is 12.4. The van der Waals surface area contributed by atoms with Crippen molar-refractivity contribution in [1.29, 1.82) is 5.26 Å². The van der Waals surface area contributed by atoms with E-state index in [-0.39, 0.29) is 5.69 Å². The van der Waals surface area contributed by atoms with Gasteiger partial charge in [-0.05, 0) is 29.8 Å². The molecule has 23 heavy (non-hydrogen) atoms. The summed E-state index contributed by atoms with van der Waals surface area (Å²) in [5.41, 5.74) is 2.34. The van der Waals surface area contributed by atoms with Crippen molar-refractivity contribution >= 4 is 11.6 Å². The lowest BCUT2D eigenvalue weighted by atomic mass is 10.1. The van der Waals surface area contributed by atoms with Crippen LogP contribution in [0.2, 0.25) is 0 Å². The van der Waals surface area contributed by atoms with Crippen LogP contribution in [0, 0.1) is 11.3 Å². The summed E-state index contributed by atoms with van der Waals surface area (Å²) >= 11 is 0. The summed E-state index contributed by atoms with van der Waals surface area (Å²) in [6, 6.07) is 13.5. The molecule has 3 rings (SSSR count). The zero-order chi connectivity index (χ0) is 16.1. The molecule has 0 bridgehead atoms. The minimum Gasteiger partial charge on any atom is -0.497 e. The number of hydrogen-bond donors (Lipinski definition) is 1. The van der Waals surface area contributed by atoms with Crippen molar-refractivity contribution < 1.29 is 4.74 Å². The van der Waals surface area contributed by atoms with Crippen LogP contribution in [0.15, 0.2) is 55.0 Å². The third-order valence-electron chi connectivity index (χ3n) is 3.21. The minimum atomic E-state index is 0.276. The molecule has 6 heteroatoms. The lowest BCUT2D eigenvalue weighted by molar-refractivity contribution is 0.415. The van der Waals surface area contributed by atoms with Crippen molar-refractivity contribution in [3.05, 3.63) is 60.7 Å². The molecule has 0 atom stereocenters. The van der Waals surface area contributed by atoms with Gasteiger partial charge in [-0.2, -0.15) is 5.26 Å². The van der Waals surface area contributed by atoms with Gasteiger partial charge in [0.1, 0.15) is 23.5 Å². The Morgan fingerprint density at radius 2 is 1.61 bits per heavy atom. The highest BCUT2D eigenvalue weighted by molar-refractivity contribution is 5.65. The third kappa shape index (κ3) is 3.41. The van der Waals surface area contributed by atoms with Crippen LogP contribution in [0.1, 0.15) is 5.69 Å². The Kier molecular flexibility index (Phi) is 4.11. The van der Waals surface area contributed by atoms with Crippen LogP contribution in [-0.2, 0) is 0 Å². The van der Waals surface area contributed by atoms with Crippen molar-refractivity contribution in [3.63, 3.8) is 0 Å². The van der Waals surface area contributed by atoms with Gasteiger partial charge < -0.3 is 10.1 Å². The zero-order valence-corrected chi connectivity index (χ0v) is 12.4. The van der Waals surface area contributed by atoms with Gasteiger partial charge in [-0.1, -0.05) is 12.1 Å². The molecule has 0 spiro atoms. The first-order chi connectivity index (χ1) is 11.3. The fourth-order valence-electron chi connectivity index (χ4n) is 2.00. The molecular weight excluding hydrogens is 290 g/mol. The Balaban J connectivity index is 1.74. The third-order valence-corrected chi connectivity index (χ3v) is 3.21. The van der Waals surface area contributed by atoms with Crippen molar-refractivity contribution in [2.45, 2.75) is 0 Å². The number of nitriles is 1. The molecule has 2 heterocycles. The highest BCUT2D eigenvalue weighted by atomic mass is 16.5. The van der Waals surface area contributed by atoms with E-state index in [1.54, 1.807) is 13.3 Å². The van der Waals surface area contributed by atoms with Crippen LogP contribution in [0.3, 0.4) is 0 Å². The van der Waals surface area contributed by atoms with Gasteiger partial charge in [0, 0.05) is 11.8 Å². The van der Waals surface area contributed by atoms with Gasteiger partial charge in [0.05, 0.1) is 19.5 Å². The highest BCUT2D eigenvalue weighted by Crippen LogP contribution is 2.23. The maximum atomic E-state index is 8.70. The molecule has 2 aromatic heterocycles. The van der Waals surface area contributed by atoms with Crippen molar-refractivity contribution in [2.75, 3.05) is 12.4 Å². The van der Waals surface area contributed by atoms with E-state index >= 15 is 0 Å². The van der Waals surface area contributed by atoms with E-state index in [4.69, 9.17) is 10.00 Å². The van der Waals surface area contributed by atoms with E-state index in [0.717, 1.165) is 16.9 Å². The molecule has 0 saturated carbocycles. The van der Waals surface area contributed by atoms with Crippen LogP contribution in [0.25, 0.3) is 11.1 Å². The van der Waals surface area contributed by atoms with Crippen LogP contribution < -0.4 is 10.1 Å². The van der Waals surface area contributed by atoms with E-state index in [1.165, 1.54) is 12.4 Å². The highest BCUT2D eigenvalue weighted by Gasteiger charge is 2.02. The number of nitrogens with one attached hydrogen (secondary N) is 1. The standard InChI is InChI=1S/C17H13N5O/c1-23-15-5-2-12(3-6-15)13-4-7-16(20-9-13)22-17-11-19-14(8-18)10-21-17/h2-7,9-11H,1H3,(H,20,21,22). The molecule has 0 amide bonds. The van der Waals surface area contributed by atoms with Gasteiger partial charge in [0.2, 0.25) is 0 Å². The maximum Gasteiger partial charge on any atom is 0.158 e. The van der Waals surface area contributed by atoms with Crippen LogP contribution in [-0.4, -0.2) is 22.1 Å². The SMILES string of the molecule is COc1ccc(-c2ccc(Nc3cnc(C#N)cn3)nc2)cc1. The molecule has 6 nitrogen and oxygen atoms in total. The molecule has 0 fully saturated rings. The van der Waals surface area contributed by atoms with Crippen LogP contribution in [0.4, 0.5) is 11.6 Å². The predicted octanol–water partition coefficient (Wildman–Crippen LogP) is 3.16. The van der Waals surface area contributed by atoms with Gasteiger partial charge in [0.25, 0.3) is 0 Å². The molecular formula is C17H13N5O.